The average molecular weight is 202 g/mol. The number of amides is 1. The molecule has 0 aliphatic heterocycles. The summed E-state index contributed by atoms with van der Waals surface area (Å²) in [7, 11) is 1.67. The molecule has 0 saturated heterocycles. The molecule has 0 unspecified atom stereocenters. The first kappa shape index (κ1) is 12.9. The second-order valence-corrected chi connectivity index (χ2v) is 3.59. The Hall–Kier alpha value is -1.10. The van der Waals surface area contributed by atoms with E-state index in [2.05, 4.69) is 5.32 Å². The molecule has 0 bridgehead atoms. The maximum atomic E-state index is 11.8. The molecule has 0 aliphatic rings. The Bertz CT molecular complexity index is 226. The first-order valence-corrected chi connectivity index (χ1v) is 4.55. The van der Waals surface area contributed by atoms with E-state index in [1.165, 1.54) is 4.90 Å². The number of hydrogen-bond acceptors (Lipinski definition) is 3. The maximum absolute atomic E-state index is 11.8. The van der Waals surface area contributed by atoms with Crippen molar-refractivity contribution in [1.82, 2.24) is 10.2 Å². The van der Waals surface area contributed by atoms with Crippen molar-refractivity contribution in [1.29, 1.82) is 0 Å². The predicted molar refractivity (Wildman–Crippen MR) is 53.0 cm³/mol. The molecule has 0 saturated carbocycles. The SMILES string of the molecule is CCN(CC(=O)O)C(=O)C(C)(C)NC. The van der Waals surface area contributed by atoms with E-state index in [1.807, 2.05) is 0 Å². The van der Waals surface area contributed by atoms with Crippen LogP contribution in [0.3, 0.4) is 0 Å². The monoisotopic (exact) mass is 202 g/mol. The summed E-state index contributed by atoms with van der Waals surface area (Å²) in [6.07, 6.45) is 0. The molecule has 1 amide bonds. The minimum Gasteiger partial charge on any atom is -0.480 e. The third-order valence-corrected chi connectivity index (χ3v) is 2.15. The van der Waals surface area contributed by atoms with Crippen molar-refractivity contribution in [2.24, 2.45) is 0 Å². The lowest BCUT2D eigenvalue weighted by molar-refractivity contribution is -0.146. The number of nitrogens with zero attached hydrogens (tertiary/aromatic N) is 1. The first-order valence-electron chi connectivity index (χ1n) is 4.55. The van der Waals surface area contributed by atoms with Gasteiger partial charge in [0.1, 0.15) is 6.54 Å². The Labute approximate surface area is 84.1 Å². The summed E-state index contributed by atoms with van der Waals surface area (Å²) in [6.45, 7) is 5.35. The molecule has 5 heteroatoms. The van der Waals surface area contributed by atoms with Crippen LogP contribution in [0.15, 0.2) is 0 Å². The molecule has 0 rings (SSSR count). The summed E-state index contributed by atoms with van der Waals surface area (Å²) in [6, 6.07) is 0. The number of aliphatic carboxylic acids is 1. The van der Waals surface area contributed by atoms with E-state index >= 15 is 0 Å². The van der Waals surface area contributed by atoms with Gasteiger partial charge in [0.2, 0.25) is 5.91 Å². The van der Waals surface area contributed by atoms with Gasteiger partial charge in [0.05, 0.1) is 5.54 Å². The summed E-state index contributed by atoms with van der Waals surface area (Å²) in [4.78, 5) is 23.5. The number of nitrogens with one attached hydrogen (secondary N) is 1. The molecular weight excluding hydrogens is 184 g/mol. The van der Waals surface area contributed by atoms with E-state index in [0.717, 1.165) is 0 Å². The Morgan fingerprint density at radius 1 is 1.43 bits per heavy atom. The van der Waals surface area contributed by atoms with Crippen LogP contribution in [-0.2, 0) is 9.59 Å². The normalized spacial score (nSPS) is 11.1. The van der Waals surface area contributed by atoms with Gasteiger partial charge >= 0.3 is 5.97 Å². The minimum atomic E-state index is -0.993. The Kier molecular flexibility index (Phi) is 4.56. The highest BCUT2D eigenvalue weighted by molar-refractivity contribution is 5.88. The molecule has 0 spiro atoms. The standard InChI is InChI=1S/C9H18N2O3/c1-5-11(6-7(12)13)8(14)9(2,3)10-4/h10H,5-6H2,1-4H3,(H,12,13). The number of carbonyl (C=O) groups excluding carboxylic acids is 1. The molecule has 0 radical (unpaired) electrons. The largest absolute Gasteiger partial charge is 0.480 e. The van der Waals surface area contributed by atoms with Gasteiger partial charge in [-0.25, -0.2) is 0 Å². The molecule has 82 valence electrons. The van der Waals surface area contributed by atoms with Gasteiger partial charge < -0.3 is 15.3 Å². The quantitative estimate of drug-likeness (QED) is 0.654. The minimum absolute atomic E-state index is 0.204. The van der Waals surface area contributed by atoms with Crippen LogP contribution in [0.4, 0.5) is 0 Å². The van der Waals surface area contributed by atoms with E-state index in [4.69, 9.17) is 5.11 Å². The van der Waals surface area contributed by atoms with Gasteiger partial charge in [-0.2, -0.15) is 0 Å². The van der Waals surface area contributed by atoms with Crippen LogP contribution in [0.2, 0.25) is 0 Å². The number of rotatable bonds is 5. The third kappa shape index (κ3) is 3.33. The zero-order valence-corrected chi connectivity index (χ0v) is 9.13. The van der Waals surface area contributed by atoms with Crippen LogP contribution in [0.25, 0.3) is 0 Å². The van der Waals surface area contributed by atoms with Gasteiger partial charge in [-0.15, -0.1) is 0 Å². The highest BCUT2D eigenvalue weighted by Crippen LogP contribution is 2.06. The van der Waals surface area contributed by atoms with Crippen molar-refractivity contribution in [2.75, 3.05) is 20.1 Å². The fourth-order valence-electron chi connectivity index (χ4n) is 0.993. The van der Waals surface area contributed by atoms with E-state index < -0.39 is 11.5 Å². The van der Waals surface area contributed by atoms with Crippen molar-refractivity contribution in [3.8, 4) is 0 Å². The van der Waals surface area contributed by atoms with Crippen LogP contribution in [-0.4, -0.2) is 47.6 Å². The van der Waals surface area contributed by atoms with Crippen molar-refractivity contribution >= 4 is 11.9 Å². The van der Waals surface area contributed by atoms with Crippen LogP contribution >= 0.6 is 0 Å². The molecular formula is C9H18N2O3. The van der Waals surface area contributed by atoms with Gasteiger partial charge in [-0.1, -0.05) is 0 Å². The van der Waals surface area contributed by atoms with Crippen LogP contribution in [0.1, 0.15) is 20.8 Å². The average Bonchev–Trinajstić information content (AvgIpc) is 2.12. The van der Waals surface area contributed by atoms with E-state index in [-0.39, 0.29) is 12.5 Å². The molecule has 14 heavy (non-hydrogen) atoms. The van der Waals surface area contributed by atoms with Gasteiger partial charge in [-0.05, 0) is 27.8 Å². The number of carbonyl (C=O) groups is 2. The summed E-state index contributed by atoms with van der Waals surface area (Å²) in [5.41, 5.74) is -0.717. The predicted octanol–water partition coefficient (Wildman–Crippen LogP) is -0.0825. The second-order valence-electron chi connectivity index (χ2n) is 3.59. The molecule has 0 fully saturated rings. The highest BCUT2D eigenvalue weighted by atomic mass is 16.4. The number of carboxylic acids is 1. The van der Waals surface area contributed by atoms with E-state index in [1.54, 1.807) is 27.8 Å². The third-order valence-electron chi connectivity index (χ3n) is 2.15. The Morgan fingerprint density at radius 3 is 2.21 bits per heavy atom. The van der Waals surface area contributed by atoms with Crippen molar-refractivity contribution < 1.29 is 14.7 Å². The van der Waals surface area contributed by atoms with Crippen molar-refractivity contribution in [3.63, 3.8) is 0 Å². The molecule has 0 atom stereocenters. The molecule has 5 nitrogen and oxygen atoms in total. The van der Waals surface area contributed by atoms with Gasteiger partial charge in [0.15, 0.2) is 0 Å². The van der Waals surface area contributed by atoms with Gasteiger partial charge in [0.25, 0.3) is 0 Å². The first-order chi connectivity index (χ1) is 6.35. The zero-order valence-electron chi connectivity index (χ0n) is 9.13. The molecule has 0 aromatic rings. The van der Waals surface area contributed by atoms with Crippen molar-refractivity contribution in [3.05, 3.63) is 0 Å². The number of carboxylic acid groups (broad SMARTS) is 1. The fraction of sp³-hybridized carbons (Fsp3) is 0.778. The van der Waals surface area contributed by atoms with E-state index in [0.29, 0.717) is 6.54 Å². The maximum Gasteiger partial charge on any atom is 0.323 e. The lowest BCUT2D eigenvalue weighted by atomic mass is 10.0. The number of likely N-dealkylation sites (N-methyl/N-ethyl adjacent to an activating group) is 2. The lowest BCUT2D eigenvalue weighted by Crippen LogP contribution is -2.53. The summed E-state index contributed by atoms with van der Waals surface area (Å²) >= 11 is 0. The van der Waals surface area contributed by atoms with Crippen LogP contribution < -0.4 is 5.32 Å². The fourth-order valence-corrected chi connectivity index (χ4v) is 0.993. The molecule has 0 aliphatic carbocycles. The zero-order chi connectivity index (χ0) is 11.4. The number of hydrogen-bond donors (Lipinski definition) is 2. The van der Waals surface area contributed by atoms with Gasteiger partial charge in [0, 0.05) is 6.54 Å². The molecule has 2 N–H and O–H groups in total. The van der Waals surface area contributed by atoms with Crippen LogP contribution in [0, 0.1) is 0 Å². The molecule has 0 aromatic heterocycles. The smallest absolute Gasteiger partial charge is 0.323 e. The summed E-state index contributed by atoms with van der Waals surface area (Å²) in [5, 5.41) is 11.4. The lowest BCUT2D eigenvalue weighted by Gasteiger charge is -2.29. The molecule has 0 heterocycles. The van der Waals surface area contributed by atoms with Crippen LogP contribution in [0.5, 0.6) is 0 Å². The van der Waals surface area contributed by atoms with Crippen molar-refractivity contribution in [2.45, 2.75) is 26.3 Å². The molecule has 0 aromatic carbocycles. The summed E-state index contributed by atoms with van der Waals surface area (Å²) < 4.78 is 0. The second kappa shape index (κ2) is 4.95. The topological polar surface area (TPSA) is 69.6 Å². The Morgan fingerprint density at radius 2 is 1.93 bits per heavy atom. The van der Waals surface area contributed by atoms with Gasteiger partial charge in [-0.3, -0.25) is 9.59 Å². The highest BCUT2D eigenvalue weighted by Gasteiger charge is 2.30. The van der Waals surface area contributed by atoms with E-state index in [9.17, 15) is 9.59 Å². The summed E-state index contributed by atoms with van der Waals surface area (Å²) in [5.74, 6) is -1.20. The Balaban J connectivity index is 4.54.